The largest absolute Gasteiger partial charge is 0.323 e. The van der Waals surface area contributed by atoms with Crippen molar-refractivity contribution < 1.29 is 8.78 Å². The Morgan fingerprint density at radius 1 is 0.700 bits per heavy atom. The average molecular weight is 278 g/mol. The minimum atomic E-state index is -0.261. The van der Waals surface area contributed by atoms with Gasteiger partial charge >= 0.3 is 0 Å². The van der Waals surface area contributed by atoms with Gasteiger partial charge in [0.25, 0.3) is 0 Å². The fourth-order valence-corrected chi connectivity index (χ4v) is 1.84. The van der Waals surface area contributed by atoms with Crippen LogP contribution in [0.25, 0.3) is 0 Å². The zero-order valence-electron chi connectivity index (χ0n) is 12.0. The summed E-state index contributed by atoms with van der Waals surface area (Å²) in [5, 5.41) is 5.88. The summed E-state index contributed by atoms with van der Waals surface area (Å²) in [5.41, 5.74) is 1.89. The molecule has 2 aromatic carbocycles. The molecule has 108 valence electrons. The standard InChI is InChI=1S/C14H13F2N.C2H7N/c1-17-14(10-2-6-12(15)7-3-10)11-4-8-13(16)9-5-11;1-3-2/h2-9,14,17H,1H3;3H,1-2H3. The Hall–Kier alpha value is -1.78. The molecule has 0 atom stereocenters. The fourth-order valence-electron chi connectivity index (χ4n) is 1.84. The number of benzene rings is 2. The van der Waals surface area contributed by atoms with Gasteiger partial charge in [-0.25, -0.2) is 8.78 Å². The Morgan fingerprint density at radius 3 is 1.25 bits per heavy atom. The zero-order valence-corrected chi connectivity index (χ0v) is 12.0. The molecular formula is C16H20F2N2. The third-order valence-electron chi connectivity index (χ3n) is 2.70. The molecule has 4 heteroatoms. The molecule has 0 amide bonds. The van der Waals surface area contributed by atoms with Gasteiger partial charge in [-0.1, -0.05) is 24.3 Å². The van der Waals surface area contributed by atoms with E-state index in [-0.39, 0.29) is 17.7 Å². The highest BCUT2D eigenvalue weighted by Gasteiger charge is 2.11. The summed E-state index contributed by atoms with van der Waals surface area (Å²) in [7, 11) is 5.57. The minimum Gasteiger partial charge on any atom is -0.323 e. The minimum absolute atomic E-state index is 0.0591. The van der Waals surface area contributed by atoms with E-state index in [1.165, 1.54) is 24.3 Å². The SMILES string of the molecule is CNC.CNC(c1ccc(F)cc1)c1ccc(F)cc1. The van der Waals surface area contributed by atoms with Gasteiger partial charge < -0.3 is 10.6 Å². The van der Waals surface area contributed by atoms with Crippen molar-refractivity contribution in [3.8, 4) is 0 Å². The Balaban J connectivity index is 0.000000612. The zero-order chi connectivity index (χ0) is 15.0. The summed E-state index contributed by atoms with van der Waals surface area (Å²) in [6, 6.07) is 12.5. The molecule has 0 radical (unpaired) electrons. The second-order valence-corrected chi connectivity index (χ2v) is 4.32. The molecule has 2 N–H and O–H groups in total. The number of hydrogen-bond acceptors (Lipinski definition) is 2. The predicted octanol–water partition coefficient (Wildman–Crippen LogP) is 3.11. The van der Waals surface area contributed by atoms with Gasteiger partial charge in [0.1, 0.15) is 11.6 Å². The van der Waals surface area contributed by atoms with Crippen molar-refractivity contribution in [1.29, 1.82) is 0 Å². The maximum atomic E-state index is 12.8. The molecule has 2 rings (SSSR count). The number of halogens is 2. The normalized spacial score (nSPS) is 10.1. The molecule has 20 heavy (non-hydrogen) atoms. The summed E-state index contributed by atoms with van der Waals surface area (Å²) < 4.78 is 25.7. The van der Waals surface area contributed by atoms with E-state index in [4.69, 9.17) is 0 Å². The van der Waals surface area contributed by atoms with Crippen LogP contribution in [0.4, 0.5) is 8.78 Å². The lowest BCUT2D eigenvalue weighted by molar-refractivity contribution is 0.620. The summed E-state index contributed by atoms with van der Waals surface area (Å²) in [6.07, 6.45) is 0. The first-order chi connectivity index (χ1) is 9.62. The Morgan fingerprint density at radius 2 is 1.00 bits per heavy atom. The number of nitrogens with one attached hydrogen (secondary N) is 2. The van der Waals surface area contributed by atoms with E-state index < -0.39 is 0 Å². The quantitative estimate of drug-likeness (QED) is 0.901. The molecule has 0 heterocycles. The summed E-state index contributed by atoms with van der Waals surface area (Å²) in [4.78, 5) is 0. The molecule has 2 nitrogen and oxygen atoms in total. The molecule has 2 aromatic rings. The molecule has 0 saturated heterocycles. The highest BCUT2D eigenvalue weighted by Crippen LogP contribution is 2.22. The van der Waals surface area contributed by atoms with E-state index in [1.54, 1.807) is 24.3 Å². The van der Waals surface area contributed by atoms with Crippen LogP contribution in [0.2, 0.25) is 0 Å². The van der Waals surface area contributed by atoms with Gasteiger partial charge in [-0.05, 0) is 56.5 Å². The van der Waals surface area contributed by atoms with Gasteiger partial charge in [-0.15, -0.1) is 0 Å². The Bertz CT molecular complexity index is 449. The summed E-state index contributed by atoms with van der Waals surface area (Å²) in [5.74, 6) is -0.523. The van der Waals surface area contributed by atoms with Gasteiger partial charge in [0.15, 0.2) is 0 Å². The number of hydrogen-bond donors (Lipinski definition) is 2. The van der Waals surface area contributed by atoms with E-state index in [0.717, 1.165) is 11.1 Å². The second kappa shape index (κ2) is 8.40. The lowest BCUT2D eigenvalue weighted by Crippen LogP contribution is -2.17. The molecule has 0 aliphatic carbocycles. The fraction of sp³-hybridized carbons (Fsp3) is 0.250. The van der Waals surface area contributed by atoms with Gasteiger partial charge in [0.2, 0.25) is 0 Å². The van der Waals surface area contributed by atoms with Crippen molar-refractivity contribution in [2.45, 2.75) is 6.04 Å². The third kappa shape index (κ3) is 4.72. The van der Waals surface area contributed by atoms with Gasteiger partial charge in [0.05, 0.1) is 6.04 Å². The second-order valence-electron chi connectivity index (χ2n) is 4.32. The van der Waals surface area contributed by atoms with Gasteiger partial charge in [-0.3, -0.25) is 0 Å². The molecule has 0 spiro atoms. The topological polar surface area (TPSA) is 24.1 Å². The van der Waals surface area contributed by atoms with Crippen LogP contribution >= 0.6 is 0 Å². The van der Waals surface area contributed by atoms with Crippen LogP contribution in [-0.2, 0) is 0 Å². The maximum absolute atomic E-state index is 12.8. The van der Waals surface area contributed by atoms with Crippen LogP contribution in [0.5, 0.6) is 0 Å². The monoisotopic (exact) mass is 278 g/mol. The average Bonchev–Trinajstić information content (AvgIpc) is 2.44. The van der Waals surface area contributed by atoms with E-state index in [9.17, 15) is 8.78 Å². The molecule has 0 saturated carbocycles. The van der Waals surface area contributed by atoms with Crippen molar-refractivity contribution in [2.75, 3.05) is 21.1 Å². The van der Waals surface area contributed by atoms with Crippen LogP contribution in [-0.4, -0.2) is 21.1 Å². The predicted molar refractivity (Wildman–Crippen MR) is 78.7 cm³/mol. The Labute approximate surface area is 118 Å². The van der Waals surface area contributed by atoms with Crippen molar-refractivity contribution in [3.63, 3.8) is 0 Å². The van der Waals surface area contributed by atoms with Gasteiger partial charge in [-0.2, -0.15) is 0 Å². The maximum Gasteiger partial charge on any atom is 0.123 e. The highest BCUT2D eigenvalue weighted by atomic mass is 19.1. The first-order valence-corrected chi connectivity index (χ1v) is 6.39. The molecule has 0 fully saturated rings. The molecule has 0 unspecified atom stereocenters. The summed E-state index contributed by atoms with van der Waals surface area (Å²) in [6.45, 7) is 0. The van der Waals surface area contributed by atoms with Crippen molar-refractivity contribution in [3.05, 3.63) is 71.3 Å². The molecular weight excluding hydrogens is 258 g/mol. The van der Waals surface area contributed by atoms with Crippen LogP contribution in [0.3, 0.4) is 0 Å². The highest BCUT2D eigenvalue weighted by molar-refractivity contribution is 5.31. The van der Waals surface area contributed by atoms with E-state index in [0.29, 0.717) is 0 Å². The lowest BCUT2D eigenvalue weighted by atomic mass is 9.99. The van der Waals surface area contributed by atoms with Crippen LogP contribution in [0.15, 0.2) is 48.5 Å². The smallest absolute Gasteiger partial charge is 0.123 e. The van der Waals surface area contributed by atoms with Crippen molar-refractivity contribution in [2.24, 2.45) is 0 Å². The van der Waals surface area contributed by atoms with Gasteiger partial charge in [0, 0.05) is 0 Å². The molecule has 0 aromatic heterocycles. The van der Waals surface area contributed by atoms with E-state index >= 15 is 0 Å². The molecule has 0 aliphatic heterocycles. The third-order valence-corrected chi connectivity index (χ3v) is 2.70. The van der Waals surface area contributed by atoms with E-state index in [2.05, 4.69) is 10.6 Å². The summed E-state index contributed by atoms with van der Waals surface area (Å²) >= 11 is 0. The molecule has 0 bridgehead atoms. The van der Waals surface area contributed by atoms with Crippen molar-refractivity contribution >= 4 is 0 Å². The first kappa shape index (κ1) is 16.3. The molecule has 0 aliphatic rings. The number of rotatable bonds is 3. The van der Waals surface area contributed by atoms with Crippen LogP contribution < -0.4 is 10.6 Å². The van der Waals surface area contributed by atoms with Crippen LogP contribution in [0, 0.1) is 11.6 Å². The lowest BCUT2D eigenvalue weighted by Gasteiger charge is -2.17. The van der Waals surface area contributed by atoms with Crippen LogP contribution in [0.1, 0.15) is 17.2 Å². The Kier molecular flexibility index (Phi) is 6.84. The van der Waals surface area contributed by atoms with E-state index in [1.807, 2.05) is 21.1 Å². The first-order valence-electron chi connectivity index (χ1n) is 6.39. The van der Waals surface area contributed by atoms with Crippen molar-refractivity contribution in [1.82, 2.24) is 10.6 Å².